The van der Waals surface area contributed by atoms with E-state index in [0.717, 1.165) is 39.3 Å². The molecule has 0 unspecified atom stereocenters. The van der Waals surface area contributed by atoms with Gasteiger partial charge in [-0.15, -0.1) is 0 Å². The van der Waals surface area contributed by atoms with Crippen molar-refractivity contribution in [1.82, 2.24) is 9.78 Å². The van der Waals surface area contributed by atoms with Gasteiger partial charge in [0.1, 0.15) is 11.6 Å². The SMILES string of the molecule is CNc1ccc(-c2ccc(F)cc2OCCc2c(C)nn(C)c2C)cc1C(=N)CN. The zero-order valence-corrected chi connectivity index (χ0v) is 17.8. The molecule has 0 saturated heterocycles. The van der Waals surface area contributed by atoms with Crippen LogP contribution in [-0.4, -0.2) is 35.7 Å². The molecule has 6 nitrogen and oxygen atoms in total. The van der Waals surface area contributed by atoms with Gasteiger partial charge in [0.25, 0.3) is 0 Å². The lowest BCUT2D eigenvalue weighted by molar-refractivity contribution is 0.321. The van der Waals surface area contributed by atoms with Crippen molar-refractivity contribution in [3.05, 3.63) is 64.7 Å². The van der Waals surface area contributed by atoms with Gasteiger partial charge in [-0.3, -0.25) is 4.68 Å². The van der Waals surface area contributed by atoms with E-state index in [4.69, 9.17) is 15.9 Å². The first-order valence-corrected chi connectivity index (χ1v) is 9.87. The molecule has 158 valence electrons. The van der Waals surface area contributed by atoms with Crippen molar-refractivity contribution in [2.75, 3.05) is 25.5 Å². The van der Waals surface area contributed by atoms with Gasteiger partial charge in [0, 0.05) is 55.6 Å². The van der Waals surface area contributed by atoms with Crippen LogP contribution in [0.4, 0.5) is 10.1 Å². The van der Waals surface area contributed by atoms with Crippen LogP contribution < -0.4 is 15.8 Å². The first kappa shape index (κ1) is 21.5. The standard InChI is InChI=1S/C23H28FN5O/c1-14-18(15(2)29(4)28-14)9-10-30-23-12-17(24)6-7-19(23)16-5-8-22(27-3)20(11-16)21(26)13-25/h5-8,11-12,26-27H,9-10,13,25H2,1-4H3. The van der Waals surface area contributed by atoms with Crippen molar-refractivity contribution in [2.45, 2.75) is 20.3 Å². The van der Waals surface area contributed by atoms with E-state index in [1.54, 1.807) is 13.1 Å². The monoisotopic (exact) mass is 409 g/mol. The van der Waals surface area contributed by atoms with E-state index in [9.17, 15) is 4.39 Å². The Bertz CT molecular complexity index is 1070. The number of halogens is 1. The average Bonchev–Trinajstić information content (AvgIpc) is 2.98. The quantitative estimate of drug-likeness (QED) is 0.493. The van der Waals surface area contributed by atoms with Crippen LogP contribution in [0.1, 0.15) is 22.5 Å². The highest BCUT2D eigenvalue weighted by molar-refractivity contribution is 6.05. The van der Waals surface area contributed by atoms with Crippen molar-refractivity contribution in [3.8, 4) is 16.9 Å². The summed E-state index contributed by atoms with van der Waals surface area (Å²) in [6.07, 6.45) is 0.684. The van der Waals surface area contributed by atoms with Gasteiger partial charge in [-0.05, 0) is 49.2 Å². The van der Waals surface area contributed by atoms with E-state index in [2.05, 4.69) is 10.4 Å². The number of nitrogens with zero attached hydrogens (tertiary/aromatic N) is 2. The van der Waals surface area contributed by atoms with Gasteiger partial charge in [-0.1, -0.05) is 6.07 Å². The minimum atomic E-state index is -0.357. The minimum Gasteiger partial charge on any atom is -0.492 e. The molecule has 1 heterocycles. The Morgan fingerprint density at radius 2 is 2.00 bits per heavy atom. The number of hydrogen-bond donors (Lipinski definition) is 3. The fraction of sp³-hybridized carbons (Fsp3) is 0.304. The van der Waals surface area contributed by atoms with Crippen LogP contribution in [0.2, 0.25) is 0 Å². The first-order valence-electron chi connectivity index (χ1n) is 9.87. The Labute approximate surface area is 176 Å². The van der Waals surface area contributed by atoms with Gasteiger partial charge >= 0.3 is 0 Å². The van der Waals surface area contributed by atoms with Gasteiger partial charge in [-0.2, -0.15) is 5.10 Å². The number of nitrogens with one attached hydrogen (secondary N) is 2. The highest BCUT2D eigenvalue weighted by atomic mass is 19.1. The summed E-state index contributed by atoms with van der Waals surface area (Å²) in [7, 11) is 3.72. The average molecular weight is 410 g/mol. The van der Waals surface area contributed by atoms with Crippen molar-refractivity contribution in [2.24, 2.45) is 12.8 Å². The van der Waals surface area contributed by atoms with E-state index in [1.807, 2.05) is 43.8 Å². The maximum Gasteiger partial charge on any atom is 0.130 e. The molecule has 0 atom stereocenters. The lowest BCUT2D eigenvalue weighted by Crippen LogP contribution is -2.15. The Hall–Kier alpha value is -3.19. The molecule has 1 aromatic heterocycles. The highest BCUT2D eigenvalue weighted by Gasteiger charge is 2.14. The Morgan fingerprint density at radius 3 is 2.63 bits per heavy atom. The van der Waals surface area contributed by atoms with Crippen LogP contribution in [-0.2, 0) is 13.5 Å². The van der Waals surface area contributed by atoms with Crippen molar-refractivity contribution < 1.29 is 9.13 Å². The molecule has 0 aliphatic heterocycles. The van der Waals surface area contributed by atoms with E-state index >= 15 is 0 Å². The molecule has 0 aliphatic rings. The third-order valence-electron chi connectivity index (χ3n) is 5.34. The molecule has 0 bridgehead atoms. The Balaban J connectivity index is 1.89. The molecule has 30 heavy (non-hydrogen) atoms. The van der Waals surface area contributed by atoms with Crippen LogP contribution in [0.25, 0.3) is 11.1 Å². The lowest BCUT2D eigenvalue weighted by Gasteiger charge is -2.15. The predicted octanol–water partition coefficient (Wildman–Crippen LogP) is 3.83. The van der Waals surface area contributed by atoms with Crippen LogP contribution in [0.3, 0.4) is 0 Å². The molecule has 0 radical (unpaired) electrons. The van der Waals surface area contributed by atoms with Crippen LogP contribution in [0.5, 0.6) is 5.75 Å². The summed E-state index contributed by atoms with van der Waals surface area (Å²) in [4.78, 5) is 0. The van der Waals surface area contributed by atoms with Gasteiger partial charge in [0.15, 0.2) is 0 Å². The fourth-order valence-electron chi connectivity index (χ4n) is 3.59. The third kappa shape index (κ3) is 4.36. The largest absolute Gasteiger partial charge is 0.492 e. The molecular formula is C23H28FN5O. The zero-order chi connectivity index (χ0) is 21.8. The molecule has 3 rings (SSSR count). The van der Waals surface area contributed by atoms with Crippen molar-refractivity contribution >= 4 is 11.4 Å². The Kier molecular flexibility index (Phi) is 6.52. The summed E-state index contributed by atoms with van der Waals surface area (Å²) in [5, 5.41) is 15.7. The fourth-order valence-corrected chi connectivity index (χ4v) is 3.59. The van der Waals surface area contributed by atoms with Gasteiger partial charge < -0.3 is 21.2 Å². The molecule has 0 fully saturated rings. The second-order valence-corrected chi connectivity index (χ2v) is 7.20. The summed E-state index contributed by atoms with van der Waals surface area (Å²) >= 11 is 0. The minimum absolute atomic E-state index is 0.134. The smallest absolute Gasteiger partial charge is 0.130 e. The summed E-state index contributed by atoms with van der Waals surface area (Å²) < 4.78 is 21.8. The van der Waals surface area contributed by atoms with Crippen LogP contribution in [0, 0.1) is 25.1 Å². The van der Waals surface area contributed by atoms with Gasteiger partial charge in [0.05, 0.1) is 18.0 Å². The van der Waals surface area contributed by atoms with E-state index < -0.39 is 0 Å². The van der Waals surface area contributed by atoms with E-state index in [0.29, 0.717) is 24.5 Å². The number of rotatable bonds is 8. The second-order valence-electron chi connectivity index (χ2n) is 7.20. The number of hydrogen-bond acceptors (Lipinski definition) is 5. The Morgan fingerprint density at radius 1 is 1.23 bits per heavy atom. The van der Waals surface area contributed by atoms with Crippen molar-refractivity contribution in [1.29, 1.82) is 5.41 Å². The summed E-state index contributed by atoms with van der Waals surface area (Å²) in [5.74, 6) is 0.112. The number of aryl methyl sites for hydroxylation is 2. The van der Waals surface area contributed by atoms with Crippen LogP contribution >= 0.6 is 0 Å². The lowest BCUT2D eigenvalue weighted by atomic mass is 9.98. The number of anilines is 1. The normalized spacial score (nSPS) is 10.9. The molecule has 7 heteroatoms. The number of aromatic nitrogens is 2. The summed E-state index contributed by atoms with van der Waals surface area (Å²) in [5.41, 5.74) is 12.4. The molecule has 0 spiro atoms. The zero-order valence-electron chi connectivity index (χ0n) is 17.8. The molecule has 0 amide bonds. The predicted molar refractivity (Wildman–Crippen MR) is 119 cm³/mol. The summed E-state index contributed by atoms with van der Waals surface area (Å²) in [6.45, 7) is 4.55. The summed E-state index contributed by atoms with van der Waals surface area (Å²) in [6, 6.07) is 10.2. The van der Waals surface area contributed by atoms with Gasteiger partial charge in [0.2, 0.25) is 0 Å². The van der Waals surface area contributed by atoms with E-state index in [-0.39, 0.29) is 12.4 Å². The van der Waals surface area contributed by atoms with Gasteiger partial charge in [-0.25, -0.2) is 4.39 Å². The molecule has 3 aromatic rings. The topological polar surface area (TPSA) is 89.0 Å². The maximum atomic E-state index is 14.0. The highest BCUT2D eigenvalue weighted by Crippen LogP contribution is 2.33. The molecule has 0 saturated carbocycles. The van der Waals surface area contributed by atoms with Crippen LogP contribution in [0.15, 0.2) is 36.4 Å². The molecular weight excluding hydrogens is 381 g/mol. The maximum absolute atomic E-state index is 14.0. The van der Waals surface area contributed by atoms with E-state index in [1.165, 1.54) is 12.1 Å². The number of ether oxygens (including phenoxy) is 1. The third-order valence-corrected chi connectivity index (χ3v) is 5.34. The number of nitrogens with two attached hydrogens (primary N) is 1. The molecule has 2 aromatic carbocycles. The first-order chi connectivity index (χ1) is 14.3. The van der Waals surface area contributed by atoms with Crippen molar-refractivity contribution in [3.63, 3.8) is 0 Å². The number of benzene rings is 2. The molecule has 0 aliphatic carbocycles. The second kappa shape index (κ2) is 9.09. The molecule has 4 N–H and O–H groups in total.